The highest BCUT2D eigenvalue weighted by Crippen LogP contribution is 2.08. The van der Waals surface area contributed by atoms with Gasteiger partial charge in [-0.3, -0.25) is 4.79 Å². The fraction of sp³-hybridized carbons (Fsp3) is 0.500. The lowest BCUT2D eigenvalue weighted by atomic mass is 10.1. The molecule has 0 N–H and O–H groups in total. The summed E-state index contributed by atoms with van der Waals surface area (Å²) in [7, 11) is 0. The summed E-state index contributed by atoms with van der Waals surface area (Å²) in [5, 5.41) is 0. The molecule has 0 fully saturated rings. The molecule has 0 radical (unpaired) electrons. The van der Waals surface area contributed by atoms with E-state index >= 15 is 0 Å². The lowest BCUT2D eigenvalue weighted by Gasteiger charge is -2.12. The van der Waals surface area contributed by atoms with E-state index in [1.807, 2.05) is 13.8 Å². The average molecular weight is 168 g/mol. The van der Waals surface area contributed by atoms with Gasteiger partial charge in [-0.05, 0) is 20.3 Å². The van der Waals surface area contributed by atoms with Crippen molar-refractivity contribution in [1.29, 1.82) is 0 Å². The predicted molar refractivity (Wildman–Crippen MR) is 49.7 cm³/mol. The summed E-state index contributed by atoms with van der Waals surface area (Å²) in [5.74, 6) is -0.468. The predicted octanol–water partition coefficient (Wildman–Crippen LogP) is 2.32. The van der Waals surface area contributed by atoms with Crippen LogP contribution in [0.2, 0.25) is 0 Å². The first-order valence-electron chi connectivity index (χ1n) is 4.05. The number of hydrogen-bond acceptors (Lipinski definition) is 2. The van der Waals surface area contributed by atoms with Crippen molar-refractivity contribution in [1.82, 2.24) is 0 Å². The first-order valence-corrected chi connectivity index (χ1v) is 4.05. The van der Waals surface area contributed by atoms with E-state index in [1.165, 1.54) is 0 Å². The summed E-state index contributed by atoms with van der Waals surface area (Å²) in [4.78, 5) is 11.2. The van der Waals surface area contributed by atoms with E-state index in [1.54, 1.807) is 12.2 Å². The summed E-state index contributed by atoms with van der Waals surface area (Å²) in [6, 6.07) is 0. The van der Waals surface area contributed by atoms with Crippen molar-refractivity contribution >= 4 is 5.97 Å². The molecule has 0 bridgehead atoms. The van der Waals surface area contributed by atoms with Crippen LogP contribution in [-0.2, 0) is 9.53 Å². The molecular weight excluding hydrogens is 152 g/mol. The van der Waals surface area contributed by atoms with Gasteiger partial charge in [0.2, 0.25) is 0 Å². The highest BCUT2D eigenvalue weighted by molar-refractivity contribution is 5.74. The van der Waals surface area contributed by atoms with Crippen LogP contribution < -0.4 is 0 Å². The molecule has 0 saturated heterocycles. The number of rotatable bonds is 5. The fourth-order valence-corrected chi connectivity index (χ4v) is 0.788. The Bertz CT molecular complexity index is 171. The van der Waals surface area contributed by atoms with Crippen LogP contribution in [0.1, 0.15) is 20.3 Å². The van der Waals surface area contributed by atoms with Crippen molar-refractivity contribution in [3.05, 3.63) is 25.3 Å². The number of esters is 1. The largest absolute Gasteiger partial charge is 0.463 e. The van der Waals surface area contributed by atoms with Crippen LogP contribution in [0.4, 0.5) is 0 Å². The Hall–Kier alpha value is -1.05. The second-order valence-electron chi connectivity index (χ2n) is 2.85. The molecule has 2 heteroatoms. The van der Waals surface area contributed by atoms with Gasteiger partial charge in [-0.2, -0.15) is 0 Å². The van der Waals surface area contributed by atoms with Crippen molar-refractivity contribution in [3.63, 3.8) is 0 Å². The zero-order chi connectivity index (χ0) is 9.56. The van der Waals surface area contributed by atoms with E-state index in [-0.39, 0.29) is 18.0 Å². The summed E-state index contributed by atoms with van der Waals surface area (Å²) in [6.07, 6.45) is 3.81. The van der Waals surface area contributed by atoms with Gasteiger partial charge in [-0.25, -0.2) is 0 Å². The van der Waals surface area contributed by atoms with E-state index in [2.05, 4.69) is 13.2 Å². The van der Waals surface area contributed by atoms with E-state index in [0.717, 1.165) is 0 Å². The van der Waals surface area contributed by atoms with Gasteiger partial charge < -0.3 is 4.74 Å². The van der Waals surface area contributed by atoms with Crippen molar-refractivity contribution in [2.45, 2.75) is 26.4 Å². The second kappa shape index (κ2) is 5.58. The van der Waals surface area contributed by atoms with Gasteiger partial charge in [0.05, 0.1) is 12.0 Å². The number of ether oxygens (including phenoxy) is 1. The molecule has 12 heavy (non-hydrogen) atoms. The summed E-state index contributed by atoms with van der Waals surface area (Å²) in [6.45, 7) is 10.8. The molecule has 0 aliphatic heterocycles. The second-order valence-corrected chi connectivity index (χ2v) is 2.85. The van der Waals surface area contributed by atoms with Crippen LogP contribution in [0.25, 0.3) is 0 Å². The van der Waals surface area contributed by atoms with Crippen LogP contribution in [0.5, 0.6) is 0 Å². The van der Waals surface area contributed by atoms with E-state index in [0.29, 0.717) is 6.42 Å². The van der Waals surface area contributed by atoms with Crippen molar-refractivity contribution in [2.24, 2.45) is 5.92 Å². The lowest BCUT2D eigenvalue weighted by Crippen LogP contribution is -2.19. The topological polar surface area (TPSA) is 26.3 Å². The Labute approximate surface area is 73.9 Å². The van der Waals surface area contributed by atoms with Gasteiger partial charge in [0.1, 0.15) is 0 Å². The van der Waals surface area contributed by atoms with Crippen LogP contribution in [0, 0.1) is 5.92 Å². The van der Waals surface area contributed by atoms with E-state index < -0.39 is 0 Å². The fourth-order valence-electron chi connectivity index (χ4n) is 0.788. The highest BCUT2D eigenvalue weighted by atomic mass is 16.5. The molecule has 0 aromatic heterocycles. The van der Waals surface area contributed by atoms with Crippen molar-refractivity contribution < 1.29 is 9.53 Å². The molecule has 0 aliphatic carbocycles. The van der Waals surface area contributed by atoms with E-state index in [9.17, 15) is 4.79 Å². The monoisotopic (exact) mass is 168 g/mol. The molecule has 0 aliphatic rings. The smallest absolute Gasteiger partial charge is 0.313 e. The summed E-state index contributed by atoms with van der Waals surface area (Å²) < 4.78 is 5.00. The molecule has 0 heterocycles. The van der Waals surface area contributed by atoms with Crippen LogP contribution in [0.3, 0.4) is 0 Å². The molecule has 0 aromatic rings. The van der Waals surface area contributed by atoms with Crippen molar-refractivity contribution in [3.8, 4) is 0 Å². The normalized spacial score (nSPS) is 12.2. The van der Waals surface area contributed by atoms with Gasteiger partial charge in [0.25, 0.3) is 0 Å². The van der Waals surface area contributed by atoms with E-state index in [4.69, 9.17) is 4.74 Å². The molecule has 2 nitrogen and oxygen atoms in total. The highest BCUT2D eigenvalue weighted by Gasteiger charge is 2.15. The Balaban J connectivity index is 4.02. The van der Waals surface area contributed by atoms with Crippen LogP contribution in [-0.4, -0.2) is 12.1 Å². The standard InChI is InChI=1S/C10H16O2/c1-5-7-9(6-2)10(11)12-8(3)4/h5-6,8-9H,1-2,7H2,3-4H3. The maximum Gasteiger partial charge on any atom is 0.313 e. The van der Waals surface area contributed by atoms with Crippen molar-refractivity contribution in [2.75, 3.05) is 0 Å². The molecule has 0 spiro atoms. The molecule has 0 aromatic carbocycles. The molecular formula is C10H16O2. The minimum absolute atomic E-state index is 0.0650. The minimum atomic E-state index is -0.245. The average Bonchev–Trinajstić information content (AvgIpc) is 1.98. The Kier molecular flexibility index (Phi) is 5.09. The maximum atomic E-state index is 11.2. The van der Waals surface area contributed by atoms with Gasteiger partial charge in [0.15, 0.2) is 0 Å². The molecule has 68 valence electrons. The Morgan fingerprint density at radius 1 is 1.50 bits per heavy atom. The molecule has 0 rings (SSSR count). The molecule has 1 atom stereocenters. The SMILES string of the molecule is C=CCC(C=C)C(=O)OC(C)C. The number of hydrogen-bond donors (Lipinski definition) is 0. The molecule has 1 unspecified atom stereocenters. The number of allylic oxidation sites excluding steroid dienone is 1. The maximum absolute atomic E-state index is 11.2. The van der Waals surface area contributed by atoms with Crippen LogP contribution >= 0.6 is 0 Å². The molecule has 0 amide bonds. The zero-order valence-corrected chi connectivity index (χ0v) is 7.75. The Morgan fingerprint density at radius 3 is 2.42 bits per heavy atom. The lowest BCUT2D eigenvalue weighted by molar-refractivity contribution is -0.150. The molecule has 0 saturated carbocycles. The minimum Gasteiger partial charge on any atom is -0.463 e. The zero-order valence-electron chi connectivity index (χ0n) is 7.75. The van der Waals surface area contributed by atoms with Gasteiger partial charge in [0, 0.05) is 0 Å². The summed E-state index contributed by atoms with van der Waals surface area (Å²) in [5.41, 5.74) is 0. The Morgan fingerprint density at radius 2 is 2.08 bits per heavy atom. The first-order chi connectivity index (χ1) is 5.61. The quantitative estimate of drug-likeness (QED) is 0.465. The number of carbonyl (C=O) groups excluding carboxylic acids is 1. The third-order valence-electron chi connectivity index (χ3n) is 1.36. The summed E-state index contributed by atoms with van der Waals surface area (Å²) >= 11 is 0. The van der Waals surface area contributed by atoms with Gasteiger partial charge >= 0.3 is 5.97 Å². The third-order valence-corrected chi connectivity index (χ3v) is 1.36. The van der Waals surface area contributed by atoms with Gasteiger partial charge in [-0.1, -0.05) is 12.2 Å². The van der Waals surface area contributed by atoms with Gasteiger partial charge in [-0.15, -0.1) is 13.2 Å². The first kappa shape index (κ1) is 11.0. The number of carbonyl (C=O) groups is 1. The van der Waals surface area contributed by atoms with Crippen LogP contribution in [0.15, 0.2) is 25.3 Å². The third kappa shape index (κ3) is 3.96.